The summed E-state index contributed by atoms with van der Waals surface area (Å²) in [5, 5.41) is 3.34. The lowest BCUT2D eigenvalue weighted by molar-refractivity contribution is 0.100. The number of nitrogens with two attached hydrogens (primary N) is 1. The molecule has 0 saturated carbocycles. The van der Waals surface area contributed by atoms with Crippen molar-refractivity contribution in [2.45, 2.75) is 6.42 Å². The van der Waals surface area contributed by atoms with Crippen LogP contribution in [0.2, 0.25) is 0 Å². The number of benzene rings is 1. The van der Waals surface area contributed by atoms with Gasteiger partial charge in [-0.25, -0.2) is 18.7 Å². The van der Waals surface area contributed by atoms with Gasteiger partial charge in [-0.2, -0.15) is 0 Å². The molecule has 3 heterocycles. The van der Waals surface area contributed by atoms with Crippen LogP contribution in [0.15, 0.2) is 48.9 Å². The Morgan fingerprint density at radius 1 is 1.14 bits per heavy atom. The fraction of sp³-hybridized carbons (Fsp3) is 0.100. The maximum absolute atomic E-state index is 14.6. The van der Waals surface area contributed by atoms with Crippen LogP contribution >= 0.6 is 11.3 Å². The first-order chi connectivity index (χ1) is 14.0. The normalized spacial score (nSPS) is 11.0. The third kappa shape index (κ3) is 3.90. The van der Waals surface area contributed by atoms with E-state index in [1.807, 2.05) is 0 Å². The summed E-state index contributed by atoms with van der Waals surface area (Å²) in [5.74, 6) is -1.22. The van der Waals surface area contributed by atoms with Gasteiger partial charge in [0, 0.05) is 35.8 Å². The average Bonchev–Trinajstić information content (AvgIpc) is 3.21. The number of rotatable bonds is 6. The largest absolute Gasteiger partial charge is 0.370 e. The van der Waals surface area contributed by atoms with E-state index in [4.69, 9.17) is 5.73 Å². The monoisotopic (exact) mass is 411 g/mol. The molecule has 1 amide bonds. The zero-order valence-electron chi connectivity index (χ0n) is 15.0. The number of carbonyl (C=O) groups is 1. The van der Waals surface area contributed by atoms with Crippen molar-refractivity contribution in [3.05, 3.63) is 71.0 Å². The second-order valence-electron chi connectivity index (χ2n) is 6.21. The van der Waals surface area contributed by atoms with Crippen molar-refractivity contribution in [3.8, 4) is 10.6 Å². The standard InChI is InChI=1S/C20H15F2N5OS/c21-13-8-14-12(2-1-6-24-14)19(22)11(13)5-7-25-18-9-15(26-10-27-18)16-3-4-17(29-16)20(23)28/h1-4,6,8-10H,5,7H2,(H2,23,28)(H,25,26,27). The summed E-state index contributed by atoms with van der Waals surface area (Å²) in [7, 11) is 0. The minimum absolute atomic E-state index is 0.00311. The third-order valence-corrected chi connectivity index (χ3v) is 5.46. The predicted octanol–water partition coefficient (Wildman–Crippen LogP) is 3.79. The number of amides is 1. The SMILES string of the molecule is NC(=O)c1ccc(-c2cc(NCCc3c(F)cc4ncccc4c3F)ncn2)s1. The number of primary amides is 1. The first kappa shape index (κ1) is 18.9. The molecule has 0 radical (unpaired) electrons. The summed E-state index contributed by atoms with van der Waals surface area (Å²) in [6.07, 6.45) is 3.01. The number of halogens is 2. The van der Waals surface area contributed by atoms with E-state index in [2.05, 4.69) is 20.3 Å². The Morgan fingerprint density at radius 3 is 2.79 bits per heavy atom. The average molecular weight is 411 g/mol. The lowest BCUT2D eigenvalue weighted by Crippen LogP contribution is -2.09. The molecule has 146 valence electrons. The number of pyridine rings is 1. The van der Waals surface area contributed by atoms with E-state index in [9.17, 15) is 13.6 Å². The van der Waals surface area contributed by atoms with Crippen LogP contribution in [0.5, 0.6) is 0 Å². The van der Waals surface area contributed by atoms with Crippen molar-refractivity contribution in [1.82, 2.24) is 15.0 Å². The van der Waals surface area contributed by atoms with Crippen molar-refractivity contribution < 1.29 is 13.6 Å². The summed E-state index contributed by atoms with van der Waals surface area (Å²) in [6, 6.07) is 9.52. The number of hydrogen-bond donors (Lipinski definition) is 2. The molecular formula is C20H15F2N5OS. The lowest BCUT2D eigenvalue weighted by Gasteiger charge is -2.10. The second-order valence-corrected chi connectivity index (χ2v) is 7.30. The van der Waals surface area contributed by atoms with Gasteiger partial charge in [0.1, 0.15) is 23.8 Å². The summed E-state index contributed by atoms with van der Waals surface area (Å²) < 4.78 is 28.9. The molecule has 6 nitrogen and oxygen atoms in total. The Morgan fingerprint density at radius 2 is 2.00 bits per heavy atom. The molecule has 9 heteroatoms. The molecule has 0 fully saturated rings. The number of nitrogens with one attached hydrogen (secondary N) is 1. The predicted molar refractivity (Wildman–Crippen MR) is 108 cm³/mol. The highest BCUT2D eigenvalue weighted by atomic mass is 32.1. The van der Waals surface area contributed by atoms with Crippen molar-refractivity contribution in [2.75, 3.05) is 11.9 Å². The summed E-state index contributed by atoms with van der Waals surface area (Å²) in [4.78, 5) is 24.7. The van der Waals surface area contributed by atoms with Crippen LogP contribution in [0.25, 0.3) is 21.5 Å². The molecule has 0 atom stereocenters. The molecule has 0 saturated heterocycles. The molecule has 0 unspecified atom stereocenters. The molecule has 1 aromatic carbocycles. The molecule has 3 aromatic heterocycles. The number of anilines is 1. The van der Waals surface area contributed by atoms with Crippen LogP contribution in [0.1, 0.15) is 15.2 Å². The Bertz CT molecular complexity index is 1210. The molecule has 0 aliphatic rings. The van der Waals surface area contributed by atoms with Gasteiger partial charge in [-0.15, -0.1) is 11.3 Å². The maximum atomic E-state index is 14.6. The number of nitrogens with zero attached hydrogens (tertiary/aromatic N) is 3. The first-order valence-electron chi connectivity index (χ1n) is 8.70. The second kappa shape index (κ2) is 7.88. The number of thiophene rings is 1. The molecule has 4 rings (SSSR count). The van der Waals surface area contributed by atoms with Crippen LogP contribution in [0.4, 0.5) is 14.6 Å². The number of carbonyl (C=O) groups excluding carboxylic acids is 1. The van der Waals surface area contributed by atoms with Crippen molar-refractivity contribution in [2.24, 2.45) is 5.73 Å². The topological polar surface area (TPSA) is 93.8 Å². The summed E-state index contributed by atoms with van der Waals surface area (Å²) in [6.45, 7) is 0.271. The van der Waals surface area contributed by atoms with Crippen LogP contribution < -0.4 is 11.1 Å². The van der Waals surface area contributed by atoms with Crippen LogP contribution in [-0.2, 0) is 6.42 Å². The van der Waals surface area contributed by atoms with Gasteiger partial charge in [0.2, 0.25) is 0 Å². The van der Waals surface area contributed by atoms with E-state index in [1.165, 1.54) is 29.9 Å². The van der Waals surface area contributed by atoms with E-state index < -0.39 is 17.5 Å². The van der Waals surface area contributed by atoms with E-state index >= 15 is 0 Å². The highest BCUT2D eigenvalue weighted by Crippen LogP contribution is 2.27. The van der Waals surface area contributed by atoms with E-state index in [0.717, 1.165) is 4.88 Å². The van der Waals surface area contributed by atoms with Gasteiger partial charge in [0.25, 0.3) is 5.91 Å². The van der Waals surface area contributed by atoms with E-state index in [1.54, 1.807) is 30.3 Å². The smallest absolute Gasteiger partial charge is 0.258 e. The van der Waals surface area contributed by atoms with Gasteiger partial charge in [-0.3, -0.25) is 9.78 Å². The van der Waals surface area contributed by atoms with Gasteiger partial charge < -0.3 is 11.1 Å². The Hall–Kier alpha value is -3.46. The van der Waals surface area contributed by atoms with Crippen molar-refractivity contribution in [1.29, 1.82) is 0 Å². The highest BCUT2D eigenvalue weighted by Gasteiger charge is 2.14. The first-order valence-corrected chi connectivity index (χ1v) is 9.52. The third-order valence-electron chi connectivity index (χ3n) is 4.34. The molecule has 0 aliphatic carbocycles. The molecule has 0 spiro atoms. The fourth-order valence-electron chi connectivity index (χ4n) is 2.93. The molecule has 4 aromatic rings. The van der Waals surface area contributed by atoms with Crippen LogP contribution in [0.3, 0.4) is 0 Å². The maximum Gasteiger partial charge on any atom is 0.258 e. The molecular weight excluding hydrogens is 396 g/mol. The van der Waals surface area contributed by atoms with Gasteiger partial charge in [0.05, 0.1) is 21.0 Å². The quantitative estimate of drug-likeness (QED) is 0.504. The number of hydrogen-bond acceptors (Lipinski definition) is 6. The minimum atomic E-state index is -0.628. The van der Waals surface area contributed by atoms with Crippen LogP contribution in [-0.4, -0.2) is 27.4 Å². The number of fused-ring (bicyclic) bond motifs is 1. The van der Waals surface area contributed by atoms with Gasteiger partial charge in [0.15, 0.2) is 0 Å². The lowest BCUT2D eigenvalue weighted by atomic mass is 10.1. The highest BCUT2D eigenvalue weighted by molar-refractivity contribution is 7.17. The molecule has 29 heavy (non-hydrogen) atoms. The van der Waals surface area contributed by atoms with Crippen molar-refractivity contribution >= 4 is 34.0 Å². The number of aromatic nitrogens is 3. The molecule has 3 N–H and O–H groups in total. The van der Waals surface area contributed by atoms with Gasteiger partial charge in [-0.1, -0.05) is 0 Å². The van der Waals surface area contributed by atoms with E-state index in [-0.39, 0.29) is 29.4 Å². The Balaban J connectivity index is 1.49. The Labute approximate surface area is 168 Å². The fourth-order valence-corrected chi connectivity index (χ4v) is 3.76. The zero-order chi connectivity index (χ0) is 20.4. The van der Waals surface area contributed by atoms with Gasteiger partial charge >= 0.3 is 0 Å². The summed E-state index contributed by atoms with van der Waals surface area (Å²) in [5.41, 5.74) is 6.18. The molecule has 0 bridgehead atoms. The minimum Gasteiger partial charge on any atom is -0.370 e. The van der Waals surface area contributed by atoms with Crippen molar-refractivity contribution in [3.63, 3.8) is 0 Å². The zero-order valence-corrected chi connectivity index (χ0v) is 15.8. The summed E-state index contributed by atoms with van der Waals surface area (Å²) >= 11 is 1.23. The van der Waals surface area contributed by atoms with Gasteiger partial charge in [-0.05, 0) is 30.7 Å². The van der Waals surface area contributed by atoms with Crippen LogP contribution in [0, 0.1) is 11.6 Å². The Kier molecular flexibility index (Phi) is 5.13. The molecule has 0 aliphatic heterocycles. The van der Waals surface area contributed by atoms with E-state index in [0.29, 0.717) is 16.4 Å².